The Labute approximate surface area is 117 Å². The van der Waals surface area contributed by atoms with Gasteiger partial charge in [-0.3, -0.25) is 0 Å². The van der Waals surface area contributed by atoms with Crippen LogP contribution in [-0.2, 0) is 0 Å². The van der Waals surface area contributed by atoms with Crippen LogP contribution >= 0.6 is 0 Å². The minimum absolute atomic E-state index is 0.252. The molecular formula is C16H16O4. The molecule has 0 bridgehead atoms. The normalized spacial score (nSPS) is 14.1. The van der Waals surface area contributed by atoms with Gasteiger partial charge >= 0.3 is 0 Å². The highest BCUT2D eigenvalue weighted by Crippen LogP contribution is 2.36. The van der Waals surface area contributed by atoms with Crippen LogP contribution in [0.25, 0.3) is 0 Å². The van der Waals surface area contributed by atoms with Gasteiger partial charge in [0, 0.05) is 6.07 Å². The fourth-order valence-electron chi connectivity index (χ4n) is 2.07. The van der Waals surface area contributed by atoms with E-state index in [0.717, 1.165) is 17.1 Å². The predicted octanol–water partition coefficient (Wildman–Crippen LogP) is 3.65. The zero-order chi connectivity index (χ0) is 13.9. The summed E-state index contributed by atoms with van der Waals surface area (Å²) >= 11 is 0. The summed E-state index contributed by atoms with van der Waals surface area (Å²) in [7, 11) is 0. The highest BCUT2D eigenvalue weighted by molar-refractivity contribution is 5.48. The highest BCUT2D eigenvalue weighted by atomic mass is 16.7. The van der Waals surface area contributed by atoms with Crippen LogP contribution in [0.5, 0.6) is 23.0 Å². The van der Waals surface area contributed by atoms with E-state index in [-0.39, 0.29) is 6.79 Å². The third kappa shape index (κ3) is 2.56. The second-order valence-corrected chi connectivity index (χ2v) is 4.61. The first-order valence-corrected chi connectivity index (χ1v) is 6.62. The van der Waals surface area contributed by atoms with Crippen LogP contribution in [0.4, 0.5) is 0 Å². The fourth-order valence-corrected chi connectivity index (χ4v) is 2.07. The number of aliphatic hydroxyl groups is 1. The van der Waals surface area contributed by atoms with E-state index in [2.05, 4.69) is 0 Å². The van der Waals surface area contributed by atoms with Crippen LogP contribution in [-0.4, -0.2) is 11.9 Å². The van der Waals surface area contributed by atoms with Crippen molar-refractivity contribution in [2.24, 2.45) is 0 Å². The largest absolute Gasteiger partial charge is 0.457 e. The average molecular weight is 272 g/mol. The molecule has 1 N–H and O–H groups in total. The van der Waals surface area contributed by atoms with Gasteiger partial charge < -0.3 is 19.3 Å². The second kappa shape index (κ2) is 5.43. The van der Waals surface area contributed by atoms with Crippen molar-refractivity contribution in [2.75, 3.05) is 6.79 Å². The number of aliphatic hydroxyl groups excluding tert-OH is 1. The van der Waals surface area contributed by atoms with Gasteiger partial charge in [0.25, 0.3) is 0 Å². The first-order valence-electron chi connectivity index (χ1n) is 6.62. The van der Waals surface area contributed by atoms with Gasteiger partial charge in [0.1, 0.15) is 11.5 Å². The van der Waals surface area contributed by atoms with Crippen LogP contribution in [0.15, 0.2) is 42.5 Å². The van der Waals surface area contributed by atoms with Gasteiger partial charge in [-0.15, -0.1) is 0 Å². The molecule has 0 radical (unpaired) electrons. The average Bonchev–Trinajstić information content (AvgIpc) is 2.95. The van der Waals surface area contributed by atoms with Crippen molar-refractivity contribution in [3.63, 3.8) is 0 Å². The van der Waals surface area contributed by atoms with Crippen molar-refractivity contribution >= 4 is 0 Å². The van der Waals surface area contributed by atoms with E-state index in [1.807, 2.05) is 43.3 Å². The quantitative estimate of drug-likeness (QED) is 0.922. The Hall–Kier alpha value is -2.20. The van der Waals surface area contributed by atoms with Crippen molar-refractivity contribution < 1.29 is 19.3 Å². The summed E-state index contributed by atoms with van der Waals surface area (Å²) in [4.78, 5) is 0. The maximum atomic E-state index is 9.74. The summed E-state index contributed by atoms with van der Waals surface area (Å²) in [5.74, 6) is 2.84. The van der Waals surface area contributed by atoms with E-state index >= 15 is 0 Å². The summed E-state index contributed by atoms with van der Waals surface area (Å²) in [5, 5.41) is 9.74. The Kier molecular flexibility index (Phi) is 3.48. The number of fused-ring (bicyclic) bond motifs is 1. The molecule has 104 valence electrons. The zero-order valence-corrected chi connectivity index (χ0v) is 11.2. The molecule has 1 heterocycles. The van der Waals surface area contributed by atoms with E-state index in [1.54, 1.807) is 6.07 Å². The molecule has 4 nitrogen and oxygen atoms in total. The first-order chi connectivity index (χ1) is 9.76. The third-order valence-corrected chi connectivity index (χ3v) is 3.23. The van der Waals surface area contributed by atoms with Crippen molar-refractivity contribution in [1.82, 2.24) is 0 Å². The molecule has 2 aromatic carbocycles. The van der Waals surface area contributed by atoms with Crippen LogP contribution < -0.4 is 14.2 Å². The Morgan fingerprint density at radius 3 is 2.50 bits per heavy atom. The molecule has 0 amide bonds. The molecule has 0 aromatic heterocycles. The number of benzene rings is 2. The van der Waals surface area contributed by atoms with Gasteiger partial charge in [-0.2, -0.15) is 0 Å². The maximum absolute atomic E-state index is 9.74. The van der Waals surface area contributed by atoms with Gasteiger partial charge in [-0.1, -0.05) is 19.1 Å². The van der Waals surface area contributed by atoms with Crippen molar-refractivity contribution in [3.05, 3.63) is 48.0 Å². The molecule has 20 heavy (non-hydrogen) atoms. The Morgan fingerprint density at radius 1 is 1.05 bits per heavy atom. The SMILES string of the molecule is CC[C@H](O)c1ccc(Oc2ccc3c(c2)OCO3)cc1. The molecule has 4 heteroatoms. The van der Waals surface area contributed by atoms with Crippen LogP contribution in [0, 0.1) is 0 Å². The Balaban J connectivity index is 1.74. The van der Waals surface area contributed by atoms with E-state index < -0.39 is 6.10 Å². The van der Waals surface area contributed by atoms with Gasteiger partial charge in [0.15, 0.2) is 11.5 Å². The molecule has 0 saturated carbocycles. The summed E-state index contributed by atoms with van der Waals surface area (Å²) in [5.41, 5.74) is 0.894. The van der Waals surface area contributed by atoms with E-state index in [1.165, 1.54) is 0 Å². The van der Waals surface area contributed by atoms with Gasteiger partial charge in [0.05, 0.1) is 6.10 Å². The Bertz CT molecular complexity index is 592. The number of rotatable bonds is 4. The summed E-state index contributed by atoms with van der Waals surface area (Å²) in [6.07, 6.45) is 0.275. The lowest BCUT2D eigenvalue weighted by atomic mass is 10.1. The van der Waals surface area contributed by atoms with Crippen molar-refractivity contribution in [2.45, 2.75) is 19.4 Å². The van der Waals surface area contributed by atoms with Gasteiger partial charge in [-0.25, -0.2) is 0 Å². The lowest BCUT2D eigenvalue weighted by Gasteiger charge is -2.10. The summed E-state index contributed by atoms with van der Waals surface area (Å²) < 4.78 is 16.3. The maximum Gasteiger partial charge on any atom is 0.231 e. The molecular weight excluding hydrogens is 256 g/mol. The fraction of sp³-hybridized carbons (Fsp3) is 0.250. The lowest BCUT2D eigenvalue weighted by Crippen LogP contribution is -1.94. The number of ether oxygens (including phenoxy) is 3. The summed E-state index contributed by atoms with van der Waals surface area (Å²) in [6.45, 7) is 2.20. The van der Waals surface area contributed by atoms with E-state index in [9.17, 15) is 5.11 Å². The molecule has 0 unspecified atom stereocenters. The Morgan fingerprint density at radius 2 is 1.75 bits per heavy atom. The third-order valence-electron chi connectivity index (χ3n) is 3.23. The zero-order valence-electron chi connectivity index (χ0n) is 11.2. The highest BCUT2D eigenvalue weighted by Gasteiger charge is 2.14. The summed E-state index contributed by atoms with van der Waals surface area (Å²) in [6, 6.07) is 12.9. The number of hydrogen-bond donors (Lipinski definition) is 1. The van der Waals surface area contributed by atoms with Gasteiger partial charge in [-0.05, 0) is 36.2 Å². The van der Waals surface area contributed by atoms with Crippen LogP contribution in [0.3, 0.4) is 0 Å². The van der Waals surface area contributed by atoms with Crippen LogP contribution in [0.2, 0.25) is 0 Å². The van der Waals surface area contributed by atoms with Crippen molar-refractivity contribution in [3.8, 4) is 23.0 Å². The minimum atomic E-state index is -0.422. The molecule has 0 fully saturated rings. The molecule has 0 aliphatic carbocycles. The molecule has 0 saturated heterocycles. The molecule has 1 aliphatic rings. The van der Waals surface area contributed by atoms with E-state index in [0.29, 0.717) is 17.9 Å². The van der Waals surface area contributed by atoms with E-state index in [4.69, 9.17) is 14.2 Å². The topological polar surface area (TPSA) is 47.9 Å². The lowest BCUT2D eigenvalue weighted by molar-refractivity contribution is 0.173. The first kappa shape index (κ1) is 12.8. The second-order valence-electron chi connectivity index (χ2n) is 4.61. The number of hydrogen-bond acceptors (Lipinski definition) is 4. The molecule has 1 aliphatic heterocycles. The molecule has 3 rings (SSSR count). The van der Waals surface area contributed by atoms with Gasteiger partial charge in [0.2, 0.25) is 6.79 Å². The monoisotopic (exact) mass is 272 g/mol. The van der Waals surface area contributed by atoms with Crippen molar-refractivity contribution in [1.29, 1.82) is 0 Å². The molecule has 1 atom stereocenters. The smallest absolute Gasteiger partial charge is 0.231 e. The van der Waals surface area contributed by atoms with Crippen LogP contribution in [0.1, 0.15) is 25.0 Å². The molecule has 2 aromatic rings. The predicted molar refractivity (Wildman–Crippen MR) is 74.3 cm³/mol. The standard InChI is InChI=1S/C16H16O4/c1-2-14(17)11-3-5-12(6-4-11)20-13-7-8-15-16(9-13)19-10-18-15/h3-9,14,17H,2,10H2,1H3/t14-/m0/s1. The molecule has 0 spiro atoms. The minimum Gasteiger partial charge on any atom is -0.457 e.